The number of nitrogens with two attached hydrogens (primary N) is 2. The van der Waals surface area contributed by atoms with E-state index in [1.54, 1.807) is 18.2 Å². The Morgan fingerprint density at radius 1 is 1.47 bits per heavy atom. The first kappa shape index (κ1) is 13.3. The number of carbonyl (C=O) groups excluding carboxylic acids is 1. The normalized spacial score (nSPS) is 12.5. The van der Waals surface area contributed by atoms with E-state index in [4.69, 9.17) is 11.5 Å². The number of likely N-dealkylation sites (N-methyl/N-ethyl adjacent to an activating group) is 1. The van der Waals surface area contributed by atoms with Gasteiger partial charge in [-0.05, 0) is 33.2 Å². The maximum atomic E-state index is 11.3. The molecule has 5 heteroatoms. The highest BCUT2D eigenvalue weighted by molar-refractivity contribution is 6.01. The van der Waals surface area contributed by atoms with Crippen molar-refractivity contribution in [1.82, 2.24) is 4.90 Å². The minimum Gasteiger partial charge on any atom is -0.397 e. The van der Waals surface area contributed by atoms with Crippen molar-refractivity contribution in [1.29, 1.82) is 0 Å². The van der Waals surface area contributed by atoms with Gasteiger partial charge in [0.05, 0.1) is 16.9 Å². The summed E-state index contributed by atoms with van der Waals surface area (Å²) in [5.41, 5.74) is 12.8. The predicted octanol–water partition coefficient (Wildman–Crippen LogP) is 0.730. The molecule has 1 aromatic carbocycles. The molecule has 0 aromatic heterocycles. The van der Waals surface area contributed by atoms with E-state index in [1.165, 1.54) is 0 Å². The molecule has 1 amide bonds. The van der Waals surface area contributed by atoms with Crippen molar-refractivity contribution < 1.29 is 4.79 Å². The van der Waals surface area contributed by atoms with Gasteiger partial charge in [-0.3, -0.25) is 4.79 Å². The van der Waals surface area contributed by atoms with E-state index in [1.807, 2.05) is 21.0 Å². The lowest BCUT2D eigenvalue weighted by Crippen LogP contribution is -2.31. The molecule has 0 saturated carbocycles. The molecular weight excluding hydrogens is 216 g/mol. The van der Waals surface area contributed by atoms with E-state index < -0.39 is 5.91 Å². The second-order valence-corrected chi connectivity index (χ2v) is 4.44. The van der Waals surface area contributed by atoms with Crippen LogP contribution in [-0.2, 0) is 0 Å². The Morgan fingerprint density at radius 3 is 2.65 bits per heavy atom. The monoisotopic (exact) mass is 236 g/mol. The Morgan fingerprint density at radius 2 is 2.12 bits per heavy atom. The van der Waals surface area contributed by atoms with Gasteiger partial charge in [0, 0.05) is 12.6 Å². The number of amides is 1. The van der Waals surface area contributed by atoms with Crippen LogP contribution in [0, 0.1) is 0 Å². The van der Waals surface area contributed by atoms with Gasteiger partial charge in [0.2, 0.25) is 0 Å². The van der Waals surface area contributed by atoms with Crippen molar-refractivity contribution in [3.8, 4) is 0 Å². The highest BCUT2D eigenvalue weighted by atomic mass is 16.1. The van der Waals surface area contributed by atoms with Gasteiger partial charge in [-0.1, -0.05) is 6.07 Å². The van der Waals surface area contributed by atoms with Crippen LogP contribution in [0.3, 0.4) is 0 Å². The fourth-order valence-electron chi connectivity index (χ4n) is 1.78. The summed E-state index contributed by atoms with van der Waals surface area (Å²) in [5, 5.41) is 3.22. The summed E-state index contributed by atoms with van der Waals surface area (Å²) < 4.78 is 0. The fraction of sp³-hybridized carbons (Fsp3) is 0.417. The molecule has 17 heavy (non-hydrogen) atoms. The molecule has 0 bridgehead atoms. The Hall–Kier alpha value is -1.75. The van der Waals surface area contributed by atoms with E-state index in [0.29, 0.717) is 16.9 Å². The standard InChI is InChI=1S/C12H20N4O/c1-8(7-16(2)3)15-11-9(12(14)17)5-4-6-10(11)13/h4-6,8,15H,7,13H2,1-3H3,(H2,14,17). The van der Waals surface area contributed by atoms with Gasteiger partial charge in [-0.25, -0.2) is 0 Å². The van der Waals surface area contributed by atoms with Crippen LogP contribution in [0.4, 0.5) is 11.4 Å². The second kappa shape index (κ2) is 5.54. The molecule has 0 aliphatic rings. The molecule has 5 N–H and O–H groups in total. The van der Waals surface area contributed by atoms with Crippen molar-refractivity contribution in [3.05, 3.63) is 23.8 Å². The average Bonchev–Trinajstić information content (AvgIpc) is 2.19. The molecule has 1 unspecified atom stereocenters. The zero-order chi connectivity index (χ0) is 13.0. The number of anilines is 2. The Labute approximate surface area is 102 Å². The van der Waals surface area contributed by atoms with Crippen molar-refractivity contribution >= 4 is 17.3 Å². The number of benzene rings is 1. The van der Waals surface area contributed by atoms with E-state index in [9.17, 15) is 4.79 Å². The maximum absolute atomic E-state index is 11.3. The molecule has 0 aliphatic heterocycles. The first-order chi connectivity index (χ1) is 7.91. The van der Waals surface area contributed by atoms with Gasteiger partial charge >= 0.3 is 0 Å². The van der Waals surface area contributed by atoms with E-state index >= 15 is 0 Å². The summed E-state index contributed by atoms with van der Waals surface area (Å²) in [7, 11) is 3.98. The molecule has 0 fully saturated rings. The van der Waals surface area contributed by atoms with E-state index in [2.05, 4.69) is 10.2 Å². The highest BCUT2D eigenvalue weighted by Gasteiger charge is 2.13. The van der Waals surface area contributed by atoms with Gasteiger partial charge in [0.15, 0.2) is 0 Å². The molecule has 0 aliphatic carbocycles. The first-order valence-corrected chi connectivity index (χ1v) is 5.51. The maximum Gasteiger partial charge on any atom is 0.250 e. The van der Waals surface area contributed by atoms with Crippen LogP contribution in [-0.4, -0.2) is 37.5 Å². The predicted molar refractivity (Wildman–Crippen MR) is 71.0 cm³/mol. The molecule has 1 atom stereocenters. The number of nitrogens with zero attached hydrogens (tertiary/aromatic N) is 1. The molecule has 1 aromatic rings. The number of primary amides is 1. The van der Waals surface area contributed by atoms with Crippen molar-refractivity contribution in [2.24, 2.45) is 5.73 Å². The SMILES string of the molecule is CC(CN(C)C)Nc1c(N)cccc1C(N)=O. The third-order valence-corrected chi connectivity index (χ3v) is 2.39. The van der Waals surface area contributed by atoms with Crippen LogP contribution in [0.1, 0.15) is 17.3 Å². The van der Waals surface area contributed by atoms with Crippen LogP contribution >= 0.6 is 0 Å². The fourth-order valence-corrected chi connectivity index (χ4v) is 1.78. The lowest BCUT2D eigenvalue weighted by Gasteiger charge is -2.21. The van der Waals surface area contributed by atoms with Gasteiger partial charge < -0.3 is 21.7 Å². The van der Waals surface area contributed by atoms with E-state index in [0.717, 1.165) is 6.54 Å². The molecule has 5 nitrogen and oxygen atoms in total. The molecule has 0 radical (unpaired) electrons. The number of nitrogens with one attached hydrogen (secondary N) is 1. The lowest BCUT2D eigenvalue weighted by atomic mass is 10.1. The van der Waals surface area contributed by atoms with Crippen molar-refractivity contribution in [2.75, 3.05) is 31.7 Å². The average molecular weight is 236 g/mol. The summed E-state index contributed by atoms with van der Waals surface area (Å²) in [6.45, 7) is 2.86. The van der Waals surface area contributed by atoms with Crippen molar-refractivity contribution in [2.45, 2.75) is 13.0 Å². The minimum absolute atomic E-state index is 0.174. The smallest absolute Gasteiger partial charge is 0.250 e. The quantitative estimate of drug-likeness (QED) is 0.658. The summed E-state index contributed by atoms with van der Waals surface area (Å²) in [6, 6.07) is 5.31. The Balaban J connectivity index is 2.92. The van der Waals surface area contributed by atoms with Gasteiger partial charge in [-0.2, -0.15) is 0 Å². The number of hydrogen-bond donors (Lipinski definition) is 3. The Kier molecular flexibility index (Phi) is 4.34. The molecule has 1 rings (SSSR count). The topological polar surface area (TPSA) is 84.4 Å². The van der Waals surface area contributed by atoms with Gasteiger partial charge in [0.1, 0.15) is 0 Å². The summed E-state index contributed by atoms with van der Waals surface area (Å²) >= 11 is 0. The van der Waals surface area contributed by atoms with Crippen LogP contribution in [0.2, 0.25) is 0 Å². The highest BCUT2D eigenvalue weighted by Crippen LogP contribution is 2.23. The van der Waals surface area contributed by atoms with Gasteiger partial charge in [0.25, 0.3) is 5.91 Å². The zero-order valence-electron chi connectivity index (χ0n) is 10.5. The first-order valence-electron chi connectivity index (χ1n) is 5.51. The number of nitrogen functional groups attached to an aromatic ring is 1. The molecule has 94 valence electrons. The largest absolute Gasteiger partial charge is 0.397 e. The van der Waals surface area contributed by atoms with Gasteiger partial charge in [-0.15, -0.1) is 0 Å². The minimum atomic E-state index is -0.475. The Bertz CT molecular complexity index is 403. The number of rotatable bonds is 5. The second-order valence-electron chi connectivity index (χ2n) is 4.44. The number of carbonyl (C=O) groups is 1. The number of hydrogen-bond acceptors (Lipinski definition) is 4. The molecule has 0 heterocycles. The van der Waals surface area contributed by atoms with Crippen LogP contribution in [0.5, 0.6) is 0 Å². The van der Waals surface area contributed by atoms with Crippen LogP contribution in [0.15, 0.2) is 18.2 Å². The molecular formula is C12H20N4O. The lowest BCUT2D eigenvalue weighted by molar-refractivity contribution is 0.100. The van der Waals surface area contributed by atoms with Crippen molar-refractivity contribution in [3.63, 3.8) is 0 Å². The summed E-state index contributed by atoms with van der Waals surface area (Å²) in [4.78, 5) is 13.4. The van der Waals surface area contributed by atoms with E-state index in [-0.39, 0.29) is 6.04 Å². The zero-order valence-corrected chi connectivity index (χ0v) is 10.5. The molecule has 0 spiro atoms. The summed E-state index contributed by atoms with van der Waals surface area (Å²) in [6.07, 6.45) is 0. The van der Waals surface area contributed by atoms with Crippen LogP contribution in [0.25, 0.3) is 0 Å². The third-order valence-electron chi connectivity index (χ3n) is 2.39. The third kappa shape index (κ3) is 3.64. The molecule has 0 saturated heterocycles. The number of para-hydroxylation sites is 1. The van der Waals surface area contributed by atoms with Crippen LogP contribution < -0.4 is 16.8 Å². The summed E-state index contributed by atoms with van der Waals surface area (Å²) in [5.74, 6) is -0.475.